The smallest absolute Gasteiger partial charge is 0.119 e. The Labute approximate surface area is 117 Å². The lowest BCUT2D eigenvalue weighted by molar-refractivity contribution is 0.0614. The summed E-state index contributed by atoms with van der Waals surface area (Å²) in [4.78, 5) is 0. The van der Waals surface area contributed by atoms with E-state index in [1.807, 2.05) is 12.1 Å². The van der Waals surface area contributed by atoms with Crippen LogP contribution in [0.5, 0.6) is 5.75 Å². The molecule has 0 saturated carbocycles. The van der Waals surface area contributed by atoms with Gasteiger partial charge >= 0.3 is 0 Å². The van der Waals surface area contributed by atoms with Crippen LogP contribution in [0.25, 0.3) is 0 Å². The van der Waals surface area contributed by atoms with Crippen LogP contribution in [0.15, 0.2) is 24.3 Å². The SMILES string of the molecule is CCCC(OC)C(Cc1cccc(OC)c1)NCC. The molecule has 2 unspecified atom stereocenters. The van der Waals surface area contributed by atoms with E-state index in [0.717, 1.165) is 31.6 Å². The Morgan fingerprint density at radius 3 is 2.58 bits per heavy atom. The molecule has 0 bridgehead atoms. The number of hydrogen-bond donors (Lipinski definition) is 1. The Hall–Kier alpha value is -1.06. The minimum absolute atomic E-state index is 0.260. The first-order valence-electron chi connectivity index (χ1n) is 7.14. The first kappa shape index (κ1) is 16.0. The van der Waals surface area contributed by atoms with Crippen LogP contribution < -0.4 is 10.1 Å². The van der Waals surface area contributed by atoms with Gasteiger partial charge < -0.3 is 14.8 Å². The molecule has 0 saturated heterocycles. The summed E-state index contributed by atoms with van der Waals surface area (Å²) < 4.78 is 10.9. The molecule has 1 rings (SSSR count). The fraction of sp³-hybridized carbons (Fsp3) is 0.625. The first-order valence-corrected chi connectivity index (χ1v) is 7.14. The van der Waals surface area contributed by atoms with Crippen molar-refractivity contribution in [3.05, 3.63) is 29.8 Å². The van der Waals surface area contributed by atoms with E-state index in [4.69, 9.17) is 9.47 Å². The topological polar surface area (TPSA) is 30.5 Å². The third-order valence-electron chi connectivity index (χ3n) is 3.38. The van der Waals surface area contributed by atoms with Crippen molar-refractivity contribution in [2.45, 2.75) is 45.3 Å². The van der Waals surface area contributed by atoms with Crippen molar-refractivity contribution >= 4 is 0 Å². The fourth-order valence-electron chi connectivity index (χ4n) is 2.42. The molecule has 0 fully saturated rings. The molecule has 0 aliphatic heterocycles. The summed E-state index contributed by atoms with van der Waals surface area (Å²) in [5, 5.41) is 3.54. The van der Waals surface area contributed by atoms with Crippen LogP contribution in [0.3, 0.4) is 0 Å². The number of rotatable bonds is 9. The van der Waals surface area contributed by atoms with Gasteiger partial charge in [0.1, 0.15) is 5.75 Å². The van der Waals surface area contributed by atoms with E-state index in [1.165, 1.54) is 5.56 Å². The number of nitrogens with one attached hydrogen (secondary N) is 1. The van der Waals surface area contributed by atoms with Gasteiger partial charge in [-0.15, -0.1) is 0 Å². The second-order valence-electron chi connectivity index (χ2n) is 4.78. The second kappa shape index (κ2) is 8.94. The lowest BCUT2D eigenvalue weighted by Crippen LogP contribution is -2.42. The molecule has 1 aromatic carbocycles. The summed E-state index contributed by atoms with van der Waals surface area (Å²) in [5.74, 6) is 0.914. The highest BCUT2D eigenvalue weighted by atomic mass is 16.5. The van der Waals surface area contributed by atoms with E-state index in [1.54, 1.807) is 14.2 Å². The minimum Gasteiger partial charge on any atom is -0.497 e. The number of methoxy groups -OCH3 is 2. The maximum Gasteiger partial charge on any atom is 0.119 e. The third kappa shape index (κ3) is 5.21. The summed E-state index contributed by atoms with van der Waals surface area (Å²) in [7, 11) is 3.51. The molecule has 0 radical (unpaired) electrons. The molecule has 0 aliphatic carbocycles. The number of ether oxygens (including phenoxy) is 2. The Bertz CT molecular complexity index is 354. The Balaban J connectivity index is 2.75. The van der Waals surface area contributed by atoms with E-state index < -0.39 is 0 Å². The summed E-state index contributed by atoms with van der Waals surface area (Å²) >= 11 is 0. The lowest BCUT2D eigenvalue weighted by Gasteiger charge is -2.27. The highest BCUT2D eigenvalue weighted by molar-refractivity contribution is 5.29. The van der Waals surface area contributed by atoms with E-state index in [-0.39, 0.29) is 6.10 Å². The Kier molecular flexibility index (Phi) is 7.53. The van der Waals surface area contributed by atoms with Gasteiger partial charge in [-0.2, -0.15) is 0 Å². The average Bonchev–Trinajstić information content (AvgIpc) is 2.44. The van der Waals surface area contributed by atoms with Gasteiger partial charge in [-0.3, -0.25) is 0 Å². The zero-order chi connectivity index (χ0) is 14.1. The highest BCUT2D eigenvalue weighted by Gasteiger charge is 2.20. The van der Waals surface area contributed by atoms with Crippen molar-refractivity contribution in [2.75, 3.05) is 20.8 Å². The zero-order valence-electron chi connectivity index (χ0n) is 12.6. The Morgan fingerprint density at radius 2 is 2.00 bits per heavy atom. The molecular formula is C16H27NO2. The molecule has 0 aromatic heterocycles. The monoisotopic (exact) mass is 265 g/mol. The predicted octanol–water partition coefficient (Wildman–Crippen LogP) is 3.03. The third-order valence-corrected chi connectivity index (χ3v) is 3.38. The summed E-state index contributed by atoms with van der Waals surface area (Å²) in [6.45, 7) is 5.29. The molecule has 0 amide bonds. The summed E-state index contributed by atoms with van der Waals surface area (Å²) in [6, 6.07) is 8.61. The van der Waals surface area contributed by atoms with Gasteiger partial charge in [-0.25, -0.2) is 0 Å². The van der Waals surface area contributed by atoms with Crippen LogP contribution in [0.1, 0.15) is 32.3 Å². The number of benzene rings is 1. The van der Waals surface area contributed by atoms with E-state index >= 15 is 0 Å². The van der Waals surface area contributed by atoms with Crippen molar-refractivity contribution in [3.8, 4) is 5.75 Å². The van der Waals surface area contributed by atoms with Crippen molar-refractivity contribution < 1.29 is 9.47 Å². The molecule has 3 heteroatoms. The molecule has 0 spiro atoms. The fourth-order valence-corrected chi connectivity index (χ4v) is 2.42. The predicted molar refractivity (Wildman–Crippen MR) is 79.9 cm³/mol. The van der Waals surface area contributed by atoms with Crippen molar-refractivity contribution in [2.24, 2.45) is 0 Å². The van der Waals surface area contributed by atoms with Crippen LogP contribution in [0.4, 0.5) is 0 Å². The van der Waals surface area contributed by atoms with Crippen molar-refractivity contribution in [1.82, 2.24) is 5.32 Å². The van der Waals surface area contributed by atoms with Gasteiger partial charge in [0, 0.05) is 13.2 Å². The first-order chi connectivity index (χ1) is 9.24. The maximum atomic E-state index is 5.64. The number of likely N-dealkylation sites (N-methyl/N-ethyl adjacent to an activating group) is 1. The molecule has 19 heavy (non-hydrogen) atoms. The summed E-state index contributed by atoms with van der Waals surface area (Å²) in [5.41, 5.74) is 1.28. The molecule has 0 aliphatic rings. The highest BCUT2D eigenvalue weighted by Crippen LogP contribution is 2.17. The van der Waals surface area contributed by atoms with Gasteiger partial charge in [0.2, 0.25) is 0 Å². The van der Waals surface area contributed by atoms with Gasteiger partial charge in [0.05, 0.1) is 13.2 Å². The van der Waals surface area contributed by atoms with Gasteiger partial charge in [0.25, 0.3) is 0 Å². The normalized spacial score (nSPS) is 14.1. The van der Waals surface area contributed by atoms with Crippen LogP contribution in [-0.4, -0.2) is 32.9 Å². The Morgan fingerprint density at radius 1 is 1.21 bits per heavy atom. The van der Waals surface area contributed by atoms with E-state index in [9.17, 15) is 0 Å². The van der Waals surface area contributed by atoms with Crippen LogP contribution in [-0.2, 0) is 11.2 Å². The standard InChI is InChI=1S/C16H27NO2/c1-5-8-16(19-4)15(17-6-2)12-13-9-7-10-14(11-13)18-3/h7,9-11,15-17H,5-6,8,12H2,1-4H3. The molecular weight excluding hydrogens is 238 g/mol. The van der Waals surface area contributed by atoms with Crippen LogP contribution in [0, 0.1) is 0 Å². The molecule has 0 heterocycles. The van der Waals surface area contributed by atoms with E-state index in [0.29, 0.717) is 6.04 Å². The molecule has 1 N–H and O–H groups in total. The largest absolute Gasteiger partial charge is 0.497 e. The van der Waals surface area contributed by atoms with Crippen molar-refractivity contribution in [1.29, 1.82) is 0 Å². The summed E-state index contributed by atoms with van der Waals surface area (Å²) in [6.07, 6.45) is 3.44. The zero-order valence-corrected chi connectivity index (χ0v) is 12.6. The molecule has 1 aromatic rings. The molecule has 2 atom stereocenters. The number of hydrogen-bond acceptors (Lipinski definition) is 3. The van der Waals surface area contributed by atoms with Crippen LogP contribution >= 0.6 is 0 Å². The van der Waals surface area contributed by atoms with Gasteiger partial charge in [-0.05, 0) is 37.1 Å². The van der Waals surface area contributed by atoms with Gasteiger partial charge in [0.15, 0.2) is 0 Å². The maximum absolute atomic E-state index is 5.64. The van der Waals surface area contributed by atoms with E-state index in [2.05, 4.69) is 31.3 Å². The second-order valence-corrected chi connectivity index (χ2v) is 4.78. The van der Waals surface area contributed by atoms with Crippen LogP contribution in [0.2, 0.25) is 0 Å². The minimum atomic E-state index is 0.260. The van der Waals surface area contributed by atoms with Gasteiger partial charge in [-0.1, -0.05) is 32.4 Å². The lowest BCUT2D eigenvalue weighted by atomic mass is 9.98. The average molecular weight is 265 g/mol. The molecule has 108 valence electrons. The quantitative estimate of drug-likeness (QED) is 0.744. The molecule has 3 nitrogen and oxygen atoms in total. The van der Waals surface area contributed by atoms with Crippen molar-refractivity contribution in [3.63, 3.8) is 0 Å².